The number of hydrogen-bond donors (Lipinski definition) is 7. The lowest BCUT2D eigenvalue weighted by Gasteiger charge is -2.31. The van der Waals surface area contributed by atoms with Gasteiger partial charge in [0.15, 0.2) is 23.3 Å². The van der Waals surface area contributed by atoms with Crippen LogP contribution in [0.5, 0.6) is 0 Å². The number of phosphoric acid groups is 3. The molecule has 1 fully saturated rings. The number of nitrogen functional groups attached to an aromatic ring is 1. The fraction of sp³-hybridized carbons (Fsp3) is 0.462. The van der Waals surface area contributed by atoms with E-state index in [2.05, 4.69) is 28.1 Å². The highest BCUT2D eigenvalue weighted by Gasteiger charge is 2.64. The number of fused-ring (bicyclic) bond motifs is 1. The maximum atomic E-state index is 12.1. The lowest BCUT2D eigenvalue weighted by atomic mass is 9.88. The Kier molecular flexibility index (Phi) is 7.55. The number of alkyl halides is 1. The van der Waals surface area contributed by atoms with Crippen molar-refractivity contribution < 1.29 is 61.4 Å². The van der Waals surface area contributed by atoms with E-state index in [-0.39, 0.29) is 17.0 Å². The normalized spacial score (nSPS) is 30.6. The summed E-state index contributed by atoms with van der Waals surface area (Å²) in [6, 6.07) is 0. The molecule has 1 saturated heterocycles. The monoisotopic (exact) mass is 579 g/mol. The van der Waals surface area contributed by atoms with Gasteiger partial charge in [0.1, 0.15) is 23.5 Å². The number of terminal acetylenes is 1. The van der Waals surface area contributed by atoms with Crippen LogP contribution in [0.25, 0.3) is 11.2 Å². The molecule has 0 radical (unpaired) electrons. The third kappa shape index (κ3) is 5.59. The molecule has 0 spiro atoms. The van der Waals surface area contributed by atoms with Crippen LogP contribution in [0.4, 0.5) is 5.82 Å². The SMILES string of the molecule is C#CC1(O)C(n2cnc3c(N)ncnc32)OC(CCl)(COP(=O)(O)OP(=O)(O)OP(=O)(O)O)C1O. The summed E-state index contributed by atoms with van der Waals surface area (Å²) in [5.41, 5.74) is 0.999. The van der Waals surface area contributed by atoms with Gasteiger partial charge in [-0.05, 0) is 0 Å². The van der Waals surface area contributed by atoms with Gasteiger partial charge >= 0.3 is 23.5 Å². The van der Waals surface area contributed by atoms with Crippen LogP contribution in [0.1, 0.15) is 6.23 Å². The van der Waals surface area contributed by atoms with Crippen molar-refractivity contribution in [3.8, 4) is 12.3 Å². The first-order chi connectivity index (χ1) is 16.0. The second-order valence-corrected chi connectivity index (χ2v) is 11.7. The lowest BCUT2D eigenvalue weighted by Crippen LogP contribution is -2.53. The van der Waals surface area contributed by atoms with Gasteiger partial charge in [0, 0.05) is 0 Å². The van der Waals surface area contributed by atoms with E-state index in [9.17, 15) is 33.7 Å². The molecule has 35 heavy (non-hydrogen) atoms. The summed E-state index contributed by atoms with van der Waals surface area (Å²) in [6.07, 6.45) is 3.80. The Morgan fingerprint density at radius 2 is 1.86 bits per heavy atom. The molecule has 0 bridgehead atoms. The predicted molar refractivity (Wildman–Crippen MR) is 113 cm³/mol. The summed E-state index contributed by atoms with van der Waals surface area (Å²) in [5.74, 6) is 1.17. The fourth-order valence-corrected chi connectivity index (χ4v) is 6.49. The van der Waals surface area contributed by atoms with E-state index in [1.165, 1.54) is 0 Å². The summed E-state index contributed by atoms with van der Waals surface area (Å²) in [4.78, 5) is 47.9. The quantitative estimate of drug-likeness (QED) is 0.106. The largest absolute Gasteiger partial charge is 0.490 e. The number of anilines is 1. The maximum absolute atomic E-state index is 12.1. The van der Waals surface area contributed by atoms with Crippen LogP contribution < -0.4 is 5.73 Å². The van der Waals surface area contributed by atoms with Gasteiger partial charge in [-0.25, -0.2) is 28.6 Å². The van der Waals surface area contributed by atoms with Gasteiger partial charge in [0.05, 0.1) is 18.8 Å². The van der Waals surface area contributed by atoms with Crippen LogP contribution in [0.3, 0.4) is 0 Å². The molecule has 2 aromatic heterocycles. The molecule has 2 aromatic rings. The minimum Gasteiger partial charge on any atom is -0.386 e. The Morgan fingerprint density at radius 1 is 1.20 bits per heavy atom. The van der Waals surface area contributed by atoms with Crippen molar-refractivity contribution in [1.82, 2.24) is 19.5 Å². The molecule has 6 unspecified atom stereocenters. The van der Waals surface area contributed by atoms with Gasteiger partial charge in [-0.2, -0.15) is 8.62 Å². The van der Waals surface area contributed by atoms with Gasteiger partial charge in [0.25, 0.3) is 0 Å². The van der Waals surface area contributed by atoms with Crippen molar-refractivity contribution in [2.45, 2.75) is 23.5 Å². The molecule has 22 heteroatoms. The third-order valence-electron chi connectivity index (χ3n) is 4.62. The molecule has 8 N–H and O–H groups in total. The van der Waals surface area contributed by atoms with Crippen molar-refractivity contribution in [3.05, 3.63) is 12.7 Å². The van der Waals surface area contributed by atoms with E-state index in [1.54, 1.807) is 0 Å². The van der Waals surface area contributed by atoms with E-state index >= 15 is 0 Å². The predicted octanol–water partition coefficient (Wildman–Crippen LogP) is -1.02. The molecular weight excluding hydrogens is 563 g/mol. The van der Waals surface area contributed by atoms with Crippen LogP contribution in [-0.2, 0) is 31.6 Å². The number of rotatable bonds is 9. The first-order valence-electron chi connectivity index (χ1n) is 8.82. The first-order valence-corrected chi connectivity index (χ1v) is 13.9. The molecule has 0 aliphatic carbocycles. The minimum atomic E-state index is -5.82. The Balaban J connectivity index is 1.91. The van der Waals surface area contributed by atoms with Crippen LogP contribution in [0, 0.1) is 12.3 Å². The zero-order chi connectivity index (χ0) is 26.4. The summed E-state index contributed by atoms with van der Waals surface area (Å²) in [7, 11) is -17.1. The summed E-state index contributed by atoms with van der Waals surface area (Å²) < 4.78 is 52.9. The highest BCUT2D eigenvalue weighted by Crippen LogP contribution is 2.66. The molecule has 18 nitrogen and oxygen atoms in total. The van der Waals surface area contributed by atoms with Gasteiger partial charge < -0.3 is 40.3 Å². The second-order valence-electron chi connectivity index (χ2n) is 6.99. The van der Waals surface area contributed by atoms with Crippen molar-refractivity contribution in [2.24, 2.45) is 0 Å². The summed E-state index contributed by atoms with van der Waals surface area (Å²) >= 11 is 5.90. The second kappa shape index (κ2) is 9.42. The van der Waals surface area contributed by atoms with Crippen LogP contribution in [0.2, 0.25) is 0 Å². The highest BCUT2D eigenvalue weighted by atomic mass is 35.5. The lowest BCUT2D eigenvalue weighted by molar-refractivity contribution is -0.113. The van der Waals surface area contributed by atoms with Crippen molar-refractivity contribution in [2.75, 3.05) is 18.2 Å². The fourth-order valence-electron chi connectivity index (χ4n) is 3.12. The van der Waals surface area contributed by atoms with E-state index in [0.717, 1.165) is 17.2 Å². The van der Waals surface area contributed by atoms with Crippen molar-refractivity contribution in [1.29, 1.82) is 0 Å². The molecule has 6 atom stereocenters. The zero-order valence-corrected chi connectivity index (χ0v) is 20.4. The highest BCUT2D eigenvalue weighted by molar-refractivity contribution is 7.66. The number of halogens is 1. The molecule has 3 rings (SSSR count). The average molecular weight is 580 g/mol. The van der Waals surface area contributed by atoms with E-state index < -0.39 is 59.5 Å². The van der Waals surface area contributed by atoms with Crippen LogP contribution in [0.15, 0.2) is 12.7 Å². The van der Waals surface area contributed by atoms with Gasteiger partial charge in [0.2, 0.25) is 0 Å². The standard InChI is InChI=1S/C13H17ClN5O13P3/c1-2-13(21)10(20)12(3-14,4-29-34(25,26)32-35(27,28)31-33(22,23)24)30-11(13)19-6-18-7-8(15)16-5-17-9(7)19/h1,5-6,10-11,20-21H,3-4H2,(H,25,26)(H,27,28)(H2,15,16,17)(H2,22,23,24). The minimum absolute atomic E-state index is 0.0154. The number of phosphoric ester groups is 1. The zero-order valence-electron chi connectivity index (χ0n) is 16.9. The molecule has 194 valence electrons. The van der Waals surface area contributed by atoms with Gasteiger partial charge in [-0.1, -0.05) is 5.92 Å². The molecular formula is C13H17ClN5O13P3. The Morgan fingerprint density at radius 3 is 2.43 bits per heavy atom. The smallest absolute Gasteiger partial charge is 0.386 e. The number of aromatic nitrogens is 4. The number of ether oxygens (including phenoxy) is 1. The Hall–Kier alpha value is -1.51. The number of imidazole rings is 1. The summed E-state index contributed by atoms with van der Waals surface area (Å²) in [6.45, 7) is -1.20. The average Bonchev–Trinajstić information content (AvgIpc) is 3.24. The van der Waals surface area contributed by atoms with Gasteiger partial charge in [-0.3, -0.25) is 9.09 Å². The van der Waals surface area contributed by atoms with Crippen LogP contribution >= 0.6 is 35.1 Å². The molecule has 0 aromatic carbocycles. The molecule has 1 aliphatic rings. The van der Waals surface area contributed by atoms with E-state index in [4.69, 9.17) is 38.3 Å². The number of aliphatic hydroxyl groups excluding tert-OH is 1. The van der Waals surface area contributed by atoms with E-state index in [1.807, 2.05) is 5.92 Å². The number of hydrogen-bond acceptors (Lipinski definition) is 13. The van der Waals surface area contributed by atoms with Crippen molar-refractivity contribution in [3.63, 3.8) is 0 Å². The topological polar surface area (TPSA) is 279 Å². The Labute approximate surface area is 200 Å². The van der Waals surface area contributed by atoms with Crippen LogP contribution in [-0.4, -0.2) is 79.1 Å². The number of nitrogens with zero attached hydrogens (tertiary/aromatic N) is 4. The first kappa shape index (κ1) is 28.1. The summed E-state index contributed by atoms with van der Waals surface area (Å²) in [5, 5.41) is 21.9. The Bertz CT molecular complexity index is 1310. The van der Waals surface area contributed by atoms with E-state index in [0.29, 0.717) is 0 Å². The van der Waals surface area contributed by atoms with Crippen molar-refractivity contribution >= 4 is 52.1 Å². The van der Waals surface area contributed by atoms with Gasteiger partial charge in [-0.15, -0.1) is 18.0 Å². The third-order valence-corrected chi connectivity index (χ3v) is 8.86. The maximum Gasteiger partial charge on any atom is 0.490 e. The number of nitrogens with two attached hydrogens (primary N) is 1. The number of aliphatic hydroxyl groups is 2. The molecule has 0 amide bonds. The molecule has 0 saturated carbocycles. The molecule has 3 heterocycles. The molecule has 1 aliphatic heterocycles.